The standard InChI is InChI=1S/C18H23N3O3/c1-18(2,3)24-17(22)21-16(12-5-6-12)14(19)15(20-21)11-7-9-13(23-4)10-8-11/h7-10,12H,5-6,19H2,1-4H3. The molecule has 1 aliphatic carbocycles. The van der Waals surface area contributed by atoms with Crippen molar-refractivity contribution in [3.63, 3.8) is 0 Å². The third-order valence-corrected chi connectivity index (χ3v) is 3.85. The highest BCUT2D eigenvalue weighted by molar-refractivity contribution is 5.81. The summed E-state index contributed by atoms with van der Waals surface area (Å²) < 4.78 is 12.0. The molecule has 0 amide bonds. The van der Waals surface area contributed by atoms with Gasteiger partial charge in [-0.1, -0.05) is 0 Å². The molecule has 1 fully saturated rings. The molecule has 0 spiro atoms. The van der Waals surface area contributed by atoms with Gasteiger partial charge in [-0.05, 0) is 57.9 Å². The van der Waals surface area contributed by atoms with Crippen molar-refractivity contribution >= 4 is 11.8 Å². The maximum absolute atomic E-state index is 12.5. The van der Waals surface area contributed by atoms with E-state index in [1.54, 1.807) is 7.11 Å². The van der Waals surface area contributed by atoms with Gasteiger partial charge >= 0.3 is 6.09 Å². The van der Waals surface area contributed by atoms with Crippen molar-refractivity contribution in [1.29, 1.82) is 0 Å². The molecule has 0 unspecified atom stereocenters. The summed E-state index contributed by atoms with van der Waals surface area (Å²) in [5, 5.41) is 4.46. The van der Waals surface area contributed by atoms with Crippen LogP contribution in [0.2, 0.25) is 0 Å². The Balaban J connectivity index is 2.02. The second-order valence-corrected chi connectivity index (χ2v) is 7.04. The van der Waals surface area contributed by atoms with Crippen LogP contribution in [0.5, 0.6) is 5.75 Å². The van der Waals surface area contributed by atoms with Gasteiger partial charge < -0.3 is 15.2 Å². The summed E-state index contributed by atoms with van der Waals surface area (Å²) in [4.78, 5) is 12.5. The monoisotopic (exact) mass is 329 g/mol. The molecule has 0 radical (unpaired) electrons. The third-order valence-electron chi connectivity index (χ3n) is 3.85. The quantitative estimate of drug-likeness (QED) is 0.926. The highest BCUT2D eigenvalue weighted by Crippen LogP contribution is 2.45. The molecule has 2 aromatic rings. The van der Waals surface area contributed by atoms with Crippen molar-refractivity contribution < 1.29 is 14.3 Å². The Labute approximate surface area is 141 Å². The van der Waals surface area contributed by atoms with Crippen LogP contribution in [0.4, 0.5) is 10.5 Å². The number of carbonyl (C=O) groups is 1. The summed E-state index contributed by atoms with van der Waals surface area (Å²) in [6.07, 6.45) is 1.54. The highest BCUT2D eigenvalue weighted by Gasteiger charge is 2.35. The fraction of sp³-hybridized carbons (Fsp3) is 0.444. The zero-order chi connectivity index (χ0) is 17.5. The molecule has 0 bridgehead atoms. The Hall–Kier alpha value is -2.50. The summed E-state index contributed by atoms with van der Waals surface area (Å²) in [5.74, 6) is 1.03. The fourth-order valence-electron chi connectivity index (χ4n) is 2.60. The number of ether oxygens (including phenoxy) is 2. The van der Waals surface area contributed by atoms with Crippen LogP contribution in [-0.4, -0.2) is 28.6 Å². The predicted molar refractivity (Wildman–Crippen MR) is 92.2 cm³/mol. The zero-order valence-corrected chi connectivity index (χ0v) is 14.5. The molecule has 1 heterocycles. The molecule has 1 saturated carbocycles. The summed E-state index contributed by atoms with van der Waals surface area (Å²) in [6, 6.07) is 7.46. The van der Waals surface area contributed by atoms with Crippen molar-refractivity contribution in [3.8, 4) is 17.0 Å². The number of carbonyl (C=O) groups excluding carboxylic acids is 1. The summed E-state index contributed by atoms with van der Waals surface area (Å²) in [5.41, 5.74) is 8.50. The lowest BCUT2D eigenvalue weighted by atomic mass is 10.1. The van der Waals surface area contributed by atoms with Gasteiger partial charge in [0.2, 0.25) is 0 Å². The van der Waals surface area contributed by atoms with Crippen LogP contribution in [0.25, 0.3) is 11.3 Å². The van der Waals surface area contributed by atoms with Crippen LogP contribution in [0.15, 0.2) is 24.3 Å². The third kappa shape index (κ3) is 3.22. The Kier molecular flexibility index (Phi) is 3.99. The van der Waals surface area contributed by atoms with Gasteiger partial charge in [0.25, 0.3) is 0 Å². The maximum atomic E-state index is 12.5. The minimum absolute atomic E-state index is 0.275. The molecule has 6 heteroatoms. The summed E-state index contributed by atoms with van der Waals surface area (Å²) in [7, 11) is 1.62. The second kappa shape index (κ2) is 5.85. The SMILES string of the molecule is COc1ccc(-c2nn(C(=O)OC(C)(C)C)c(C3CC3)c2N)cc1. The van der Waals surface area contributed by atoms with Gasteiger partial charge in [-0.25, -0.2) is 4.79 Å². The van der Waals surface area contributed by atoms with Gasteiger partial charge in [-0.3, -0.25) is 0 Å². The maximum Gasteiger partial charge on any atom is 0.435 e. The van der Waals surface area contributed by atoms with Crippen LogP contribution in [0, 0.1) is 0 Å². The first-order valence-corrected chi connectivity index (χ1v) is 8.06. The van der Waals surface area contributed by atoms with Crippen LogP contribution in [0.1, 0.15) is 45.2 Å². The lowest BCUT2D eigenvalue weighted by Crippen LogP contribution is -2.28. The molecule has 0 aliphatic heterocycles. The lowest BCUT2D eigenvalue weighted by molar-refractivity contribution is 0.0510. The van der Waals surface area contributed by atoms with Crippen molar-refractivity contribution in [2.45, 2.75) is 45.1 Å². The number of nitrogens with zero attached hydrogens (tertiary/aromatic N) is 2. The molecular formula is C18H23N3O3. The van der Waals surface area contributed by atoms with Crippen molar-refractivity contribution in [2.24, 2.45) is 0 Å². The minimum atomic E-state index is -0.584. The Morgan fingerprint density at radius 1 is 1.25 bits per heavy atom. The first kappa shape index (κ1) is 16.4. The topological polar surface area (TPSA) is 79.4 Å². The second-order valence-electron chi connectivity index (χ2n) is 7.04. The Bertz CT molecular complexity index is 753. The van der Waals surface area contributed by atoms with Crippen molar-refractivity contribution in [3.05, 3.63) is 30.0 Å². The summed E-state index contributed by atoms with van der Waals surface area (Å²) in [6.45, 7) is 5.50. The number of nitrogen functional groups attached to an aromatic ring is 1. The molecule has 128 valence electrons. The van der Waals surface area contributed by atoms with E-state index in [1.807, 2.05) is 45.0 Å². The van der Waals surface area contributed by atoms with E-state index in [1.165, 1.54) is 4.68 Å². The molecule has 24 heavy (non-hydrogen) atoms. The van der Waals surface area contributed by atoms with Gasteiger partial charge in [0.05, 0.1) is 18.5 Å². The van der Waals surface area contributed by atoms with Gasteiger partial charge in [0.1, 0.15) is 17.0 Å². The minimum Gasteiger partial charge on any atom is -0.497 e. The molecule has 1 aliphatic rings. The van der Waals surface area contributed by atoms with Gasteiger partial charge in [0, 0.05) is 11.5 Å². The molecule has 3 rings (SSSR count). The van der Waals surface area contributed by atoms with Crippen molar-refractivity contribution in [2.75, 3.05) is 12.8 Å². The van der Waals surface area contributed by atoms with E-state index in [9.17, 15) is 4.79 Å². The van der Waals surface area contributed by atoms with Crippen LogP contribution < -0.4 is 10.5 Å². The molecule has 2 N–H and O–H groups in total. The van der Waals surface area contributed by atoms with E-state index in [4.69, 9.17) is 15.2 Å². The van der Waals surface area contributed by atoms with Crippen LogP contribution >= 0.6 is 0 Å². The molecule has 1 aromatic heterocycles. The fourth-order valence-corrected chi connectivity index (χ4v) is 2.60. The molecule has 6 nitrogen and oxygen atoms in total. The highest BCUT2D eigenvalue weighted by atomic mass is 16.6. The van der Waals surface area contributed by atoms with E-state index in [2.05, 4.69) is 5.10 Å². The first-order valence-electron chi connectivity index (χ1n) is 8.06. The Morgan fingerprint density at radius 3 is 2.38 bits per heavy atom. The van der Waals surface area contributed by atoms with Gasteiger partial charge in [0.15, 0.2) is 0 Å². The largest absolute Gasteiger partial charge is 0.497 e. The van der Waals surface area contributed by atoms with E-state index in [0.717, 1.165) is 29.8 Å². The number of rotatable bonds is 3. The van der Waals surface area contributed by atoms with Crippen LogP contribution in [-0.2, 0) is 4.74 Å². The number of methoxy groups -OCH3 is 1. The number of nitrogens with two attached hydrogens (primary N) is 1. The average molecular weight is 329 g/mol. The number of hydrogen-bond acceptors (Lipinski definition) is 5. The number of anilines is 1. The molecule has 0 saturated heterocycles. The van der Waals surface area contributed by atoms with Gasteiger partial charge in [-0.15, -0.1) is 0 Å². The summed E-state index contributed by atoms with van der Waals surface area (Å²) >= 11 is 0. The smallest absolute Gasteiger partial charge is 0.435 e. The molecular weight excluding hydrogens is 306 g/mol. The zero-order valence-electron chi connectivity index (χ0n) is 14.5. The van der Waals surface area contributed by atoms with Crippen molar-refractivity contribution in [1.82, 2.24) is 9.78 Å². The lowest BCUT2D eigenvalue weighted by Gasteiger charge is -2.19. The van der Waals surface area contributed by atoms with E-state index >= 15 is 0 Å². The van der Waals surface area contributed by atoms with Gasteiger partial charge in [-0.2, -0.15) is 9.78 Å². The number of hydrogen-bond donors (Lipinski definition) is 1. The Morgan fingerprint density at radius 2 is 1.88 bits per heavy atom. The molecule has 1 aromatic carbocycles. The first-order chi connectivity index (χ1) is 11.3. The predicted octanol–water partition coefficient (Wildman–Crippen LogP) is 3.80. The number of aromatic nitrogens is 2. The average Bonchev–Trinajstić information content (AvgIpc) is 3.29. The van der Waals surface area contributed by atoms with E-state index in [0.29, 0.717) is 11.4 Å². The number of benzene rings is 1. The normalized spacial score (nSPS) is 14.5. The van der Waals surface area contributed by atoms with E-state index < -0.39 is 11.7 Å². The molecule has 0 atom stereocenters. The van der Waals surface area contributed by atoms with Crippen LogP contribution in [0.3, 0.4) is 0 Å². The van der Waals surface area contributed by atoms with E-state index in [-0.39, 0.29) is 5.92 Å².